The Bertz CT molecular complexity index is 531. The summed E-state index contributed by atoms with van der Waals surface area (Å²) < 4.78 is 11.0. The Labute approximate surface area is 119 Å². The number of allylic oxidation sites excluding steroid dienone is 2. The van der Waals surface area contributed by atoms with E-state index in [2.05, 4.69) is 6.08 Å². The molecule has 0 fully saturated rings. The zero-order chi connectivity index (χ0) is 13.8. The average molecular weight is 272 g/mol. The van der Waals surface area contributed by atoms with Crippen LogP contribution >= 0.6 is 0 Å². The number of ketones is 1. The predicted octanol–water partition coefficient (Wildman–Crippen LogP) is 3.92. The molecule has 20 heavy (non-hydrogen) atoms. The third-order valence-corrected chi connectivity index (χ3v) is 3.89. The number of benzene rings is 1. The van der Waals surface area contributed by atoms with Gasteiger partial charge in [0.1, 0.15) is 13.2 Å². The van der Waals surface area contributed by atoms with E-state index < -0.39 is 0 Å². The number of hydrogen-bond acceptors (Lipinski definition) is 3. The Morgan fingerprint density at radius 1 is 0.950 bits per heavy atom. The number of Topliss-reactive ketones (excluding diaryl/α,β-unsaturated/α-hetero) is 1. The molecule has 3 nitrogen and oxygen atoms in total. The van der Waals surface area contributed by atoms with Crippen molar-refractivity contribution < 1.29 is 14.3 Å². The summed E-state index contributed by atoms with van der Waals surface area (Å²) >= 11 is 0. The summed E-state index contributed by atoms with van der Waals surface area (Å²) in [7, 11) is 0. The van der Waals surface area contributed by atoms with Gasteiger partial charge < -0.3 is 9.47 Å². The van der Waals surface area contributed by atoms with Gasteiger partial charge in [-0.05, 0) is 49.5 Å². The molecule has 0 spiro atoms. The van der Waals surface area contributed by atoms with Crippen LogP contribution in [0, 0.1) is 0 Å². The van der Waals surface area contributed by atoms with Crippen LogP contribution in [0.25, 0.3) is 0 Å². The van der Waals surface area contributed by atoms with Crippen molar-refractivity contribution in [2.24, 2.45) is 0 Å². The molecule has 1 aromatic rings. The maximum atomic E-state index is 12.6. The standard InChI is InChI=1S/C17H20O3/c18-17(13-6-4-2-1-3-5-7-13)14-8-9-15-16(12-14)20-11-10-19-15/h6,8-9,12H,1-5,7,10-11H2/b13-6+. The monoisotopic (exact) mass is 272 g/mol. The van der Waals surface area contributed by atoms with Crippen molar-refractivity contribution in [1.29, 1.82) is 0 Å². The summed E-state index contributed by atoms with van der Waals surface area (Å²) in [6.07, 6.45) is 8.85. The lowest BCUT2D eigenvalue weighted by Crippen LogP contribution is -2.16. The molecule has 3 heteroatoms. The molecule has 1 aromatic carbocycles. The molecule has 1 aliphatic heterocycles. The van der Waals surface area contributed by atoms with Crippen molar-refractivity contribution in [3.8, 4) is 11.5 Å². The highest BCUT2D eigenvalue weighted by Crippen LogP contribution is 2.32. The van der Waals surface area contributed by atoms with E-state index in [0.29, 0.717) is 24.5 Å². The second-order valence-electron chi connectivity index (χ2n) is 5.37. The van der Waals surface area contributed by atoms with Crippen LogP contribution in [0.5, 0.6) is 11.5 Å². The maximum Gasteiger partial charge on any atom is 0.188 e. The molecule has 1 aliphatic carbocycles. The van der Waals surface area contributed by atoms with E-state index >= 15 is 0 Å². The van der Waals surface area contributed by atoms with Crippen molar-refractivity contribution in [1.82, 2.24) is 0 Å². The quantitative estimate of drug-likeness (QED) is 0.765. The van der Waals surface area contributed by atoms with Crippen LogP contribution < -0.4 is 9.47 Å². The topological polar surface area (TPSA) is 35.5 Å². The summed E-state index contributed by atoms with van der Waals surface area (Å²) in [6.45, 7) is 1.12. The lowest BCUT2D eigenvalue weighted by atomic mass is 9.94. The number of hydrogen-bond donors (Lipinski definition) is 0. The minimum atomic E-state index is 0.142. The highest BCUT2D eigenvalue weighted by Gasteiger charge is 2.17. The summed E-state index contributed by atoms with van der Waals surface area (Å²) in [4.78, 5) is 12.6. The highest BCUT2D eigenvalue weighted by molar-refractivity contribution is 6.09. The molecule has 1 heterocycles. The fourth-order valence-electron chi connectivity index (χ4n) is 2.77. The summed E-state index contributed by atoms with van der Waals surface area (Å²) in [5.74, 6) is 1.57. The van der Waals surface area contributed by atoms with E-state index in [0.717, 1.165) is 30.6 Å². The third-order valence-electron chi connectivity index (χ3n) is 3.89. The van der Waals surface area contributed by atoms with Gasteiger partial charge in [-0.2, -0.15) is 0 Å². The fraction of sp³-hybridized carbons (Fsp3) is 0.471. The second-order valence-corrected chi connectivity index (χ2v) is 5.37. The normalized spacial score (nSPS) is 21.3. The van der Waals surface area contributed by atoms with Crippen molar-refractivity contribution >= 4 is 5.78 Å². The summed E-state index contributed by atoms with van der Waals surface area (Å²) in [5, 5.41) is 0. The largest absolute Gasteiger partial charge is 0.486 e. The van der Waals surface area contributed by atoms with Crippen LogP contribution in [0.3, 0.4) is 0 Å². The molecule has 0 aromatic heterocycles. The van der Waals surface area contributed by atoms with Gasteiger partial charge in [0.15, 0.2) is 17.3 Å². The molecule has 2 aliphatic rings. The Morgan fingerprint density at radius 2 is 1.75 bits per heavy atom. The molecule has 0 saturated heterocycles. The Kier molecular flexibility index (Phi) is 4.05. The minimum Gasteiger partial charge on any atom is -0.486 e. The van der Waals surface area contributed by atoms with Crippen LogP contribution in [0.15, 0.2) is 29.8 Å². The van der Waals surface area contributed by atoms with Crippen molar-refractivity contribution in [2.75, 3.05) is 13.2 Å². The zero-order valence-electron chi connectivity index (χ0n) is 11.7. The van der Waals surface area contributed by atoms with Gasteiger partial charge in [-0.1, -0.05) is 18.9 Å². The van der Waals surface area contributed by atoms with Gasteiger partial charge in [0.05, 0.1) is 0 Å². The van der Waals surface area contributed by atoms with Gasteiger partial charge >= 0.3 is 0 Å². The molecule has 0 unspecified atom stereocenters. The van der Waals surface area contributed by atoms with Crippen LogP contribution in [0.2, 0.25) is 0 Å². The summed E-state index contributed by atoms with van der Waals surface area (Å²) in [5.41, 5.74) is 1.67. The smallest absolute Gasteiger partial charge is 0.188 e. The number of rotatable bonds is 2. The van der Waals surface area contributed by atoms with Crippen LogP contribution in [0.1, 0.15) is 48.9 Å². The van der Waals surface area contributed by atoms with Crippen LogP contribution in [0.4, 0.5) is 0 Å². The van der Waals surface area contributed by atoms with E-state index in [1.165, 1.54) is 19.3 Å². The predicted molar refractivity (Wildman–Crippen MR) is 77.5 cm³/mol. The highest BCUT2D eigenvalue weighted by atomic mass is 16.6. The molecule has 0 N–H and O–H groups in total. The van der Waals surface area contributed by atoms with E-state index in [-0.39, 0.29) is 5.78 Å². The Morgan fingerprint density at radius 3 is 2.65 bits per heavy atom. The first-order chi connectivity index (χ1) is 9.84. The number of carbonyl (C=O) groups is 1. The number of ether oxygens (including phenoxy) is 2. The van der Waals surface area contributed by atoms with Gasteiger partial charge in [0.2, 0.25) is 0 Å². The van der Waals surface area contributed by atoms with Crippen molar-refractivity contribution in [3.63, 3.8) is 0 Å². The maximum absolute atomic E-state index is 12.6. The van der Waals surface area contributed by atoms with E-state index in [1.54, 1.807) is 0 Å². The first-order valence-corrected chi connectivity index (χ1v) is 7.48. The van der Waals surface area contributed by atoms with Gasteiger partial charge in [0.25, 0.3) is 0 Å². The lowest BCUT2D eigenvalue weighted by molar-refractivity contribution is 0.102. The zero-order valence-corrected chi connectivity index (χ0v) is 11.7. The molecule has 0 amide bonds. The first-order valence-electron chi connectivity index (χ1n) is 7.48. The molecule has 0 radical (unpaired) electrons. The van der Waals surface area contributed by atoms with Crippen LogP contribution in [-0.4, -0.2) is 19.0 Å². The molecular weight excluding hydrogens is 252 g/mol. The van der Waals surface area contributed by atoms with Crippen molar-refractivity contribution in [2.45, 2.75) is 38.5 Å². The number of fused-ring (bicyclic) bond motifs is 1. The lowest BCUT2D eigenvalue weighted by Gasteiger charge is -2.19. The third kappa shape index (κ3) is 2.87. The second kappa shape index (κ2) is 6.12. The Balaban J connectivity index is 1.82. The van der Waals surface area contributed by atoms with Crippen molar-refractivity contribution in [3.05, 3.63) is 35.4 Å². The fourth-order valence-corrected chi connectivity index (χ4v) is 2.77. The molecule has 3 rings (SSSR count). The summed E-state index contributed by atoms with van der Waals surface area (Å²) in [6, 6.07) is 5.50. The van der Waals surface area contributed by atoms with Gasteiger partial charge in [-0.3, -0.25) is 4.79 Å². The van der Waals surface area contributed by atoms with Gasteiger partial charge in [0, 0.05) is 5.56 Å². The molecule has 0 bridgehead atoms. The molecule has 106 valence electrons. The average Bonchev–Trinajstić information content (AvgIpc) is 2.46. The first kappa shape index (κ1) is 13.2. The van der Waals surface area contributed by atoms with E-state index in [4.69, 9.17) is 9.47 Å². The molecule has 0 atom stereocenters. The van der Waals surface area contributed by atoms with E-state index in [1.807, 2.05) is 18.2 Å². The van der Waals surface area contributed by atoms with Crippen LogP contribution in [-0.2, 0) is 0 Å². The molecule has 0 saturated carbocycles. The van der Waals surface area contributed by atoms with Gasteiger partial charge in [-0.25, -0.2) is 0 Å². The Hall–Kier alpha value is -1.77. The minimum absolute atomic E-state index is 0.142. The van der Waals surface area contributed by atoms with Gasteiger partial charge in [-0.15, -0.1) is 0 Å². The molecular formula is C17H20O3. The van der Waals surface area contributed by atoms with E-state index in [9.17, 15) is 4.79 Å². The number of carbonyl (C=O) groups excluding carboxylic acids is 1. The SMILES string of the molecule is O=C(/C1=C/CCCCCC1)c1ccc2c(c1)OCCO2.